The molecule has 0 amide bonds. The lowest BCUT2D eigenvalue weighted by atomic mass is 9.96. The molecular weight excluding hydrogens is 384 g/mol. The van der Waals surface area contributed by atoms with Gasteiger partial charge in [-0.15, -0.1) is 0 Å². The van der Waals surface area contributed by atoms with E-state index in [4.69, 9.17) is 24.8 Å². The number of hydrogen-bond donors (Lipinski definition) is 8. The summed E-state index contributed by atoms with van der Waals surface area (Å²) < 4.78 is 16.2. The Morgan fingerprint density at radius 2 is 1.50 bits per heavy atom. The third-order valence-corrected chi connectivity index (χ3v) is 4.75. The van der Waals surface area contributed by atoms with Crippen LogP contribution in [-0.2, 0) is 19.0 Å². The standard InChI is InChI=1S/C15H30N2O11/c1-17(25-3-2-16)14-11(23)10(22)13(7(5-19)26-14)28-15-12(24)9(21)8(20)6(4-18)27-15/h6-15,18-24H,2-5,16H2,1H3. The number of nitrogens with zero attached hydrogens (tertiary/aromatic N) is 1. The van der Waals surface area contributed by atoms with Crippen molar-refractivity contribution >= 4 is 0 Å². The highest BCUT2D eigenvalue weighted by Gasteiger charge is 2.51. The van der Waals surface area contributed by atoms with Crippen LogP contribution in [0.2, 0.25) is 0 Å². The lowest BCUT2D eigenvalue weighted by Crippen LogP contribution is -2.66. The molecule has 0 spiro atoms. The minimum atomic E-state index is -1.71. The van der Waals surface area contributed by atoms with Crippen LogP contribution in [0.3, 0.4) is 0 Å². The maximum atomic E-state index is 10.5. The summed E-state index contributed by atoms with van der Waals surface area (Å²) in [4.78, 5) is 5.24. The minimum absolute atomic E-state index is 0.133. The van der Waals surface area contributed by atoms with Crippen molar-refractivity contribution in [3.05, 3.63) is 0 Å². The van der Waals surface area contributed by atoms with E-state index in [2.05, 4.69) is 0 Å². The zero-order valence-electron chi connectivity index (χ0n) is 15.4. The largest absolute Gasteiger partial charge is 0.394 e. The van der Waals surface area contributed by atoms with E-state index in [-0.39, 0.29) is 13.2 Å². The van der Waals surface area contributed by atoms with E-state index in [9.17, 15) is 35.7 Å². The summed E-state index contributed by atoms with van der Waals surface area (Å²) in [6, 6.07) is 0. The first-order valence-electron chi connectivity index (χ1n) is 8.91. The number of aliphatic hydroxyl groups is 7. The number of rotatable bonds is 8. The lowest BCUT2D eigenvalue weighted by Gasteiger charge is -2.47. The van der Waals surface area contributed by atoms with E-state index in [1.54, 1.807) is 0 Å². The zero-order chi connectivity index (χ0) is 21.0. The molecule has 28 heavy (non-hydrogen) atoms. The van der Waals surface area contributed by atoms with Gasteiger partial charge in [0.05, 0.1) is 19.8 Å². The first-order valence-corrected chi connectivity index (χ1v) is 8.91. The van der Waals surface area contributed by atoms with Crippen LogP contribution in [0.4, 0.5) is 0 Å². The number of aliphatic hydroxyl groups excluding tert-OH is 7. The number of hydrogen-bond acceptors (Lipinski definition) is 13. The predicted octanol–water partition coefficient (Wildman–Crippen LogP) is -5.57. The van der Waals surface area contributed by atoms with Gasteiger partial charge in [0, 0.05) is 13.6 Å². The van der Waals surface area contributed by atoms with Gasteiger partial charge in [-0.25, -0.2) is 0 Å². The van der Waals surface area contributed by atoms with Gasteiger partial charge < -0.3 is 55.7 Å². The molecule has 0 bridgehead atoms. The number of likely N-dealkylation sites (N-methyl/N-ethyl adjacent to an activating group) is 1. The highest BCUT2D eigenvalue weighted by atomic mass is 16.7. The van der Waals surface area contributed by atoms with Crippen molar-refractivity contribution in [1.82, 2.24) is 5.06 Å². The predicted molar refractivity (Wildman–Crippen MR) is 89.2 cm³/mol. The minimum Gasteiger partial charge on any atom is -0.394 e. The maximum Gasteiger partial charge on any atom is 0.187 e. The van der Waals surface area contributed by atoms with Crippen LogP contribution in [-0.4, -0.2) is 136 Å². The molecule has 166 valence electrons. The van der Waals surface area contributed by atoms with Gasteiger partial charge in [-0.05, 0) is 0 Å². The molecule has 0 radical (unpaired) electrons. The average molecular weight is 414 g/mol. The molecule has 0 aromatic carbocycles. The molecule has 0 aliphatic carbocycles. The number of ether oxygens (including phenoxy) is 3. The SMILES string of the molecule is CN(OCCN)C1OC(CO)C(OC2OC(CO)C(O)C(O)C2O)C(O)C1O. The fourth-order valence-corrected chi connectivity index (χ4v) is 3.14. The van der Waals surface area contributed by atoms with Crippen LogP contribution in [0, 0.1) is 0 Å². The van der Waals surface area contributed by atoms with E-state index in [0.717, 1.165) is 5.06 Å². The van der Waals surface area contributed by atoms with Crippen molar-refractivity contribution in [2.24, 2.45) is 5.73 Å². The first kappa shape index (κ1) is 23.8. The van der Waals surface area contributed by atoms with Crippen LogP contribution >= 0.6 is 0 Å². The summed E-state index contributed by atoms with van der Waals surface area (Å²) in [5.74, 6) is 0. The maximum absolute atomic E-state index is 10.5. The Labute approximate surface area is 161 Å². The van der Waals surface area contributed by atoms with E-state index >= 15 is 0 Å². The Kier molecular flexibility index (Phi) is 8.90. The molecule has 0 saturated carbocycles. The highest BCUT2D eigenvalue weighted by Crippen LogP contribution is 2.29. The summed E-state index contributed by atoms with van der Waals surface area (Å²) in [6.07, 6.45) is -14.5. The third kappa shape index (κ3) is 4.96. The Balaban J connectivity index is 2.10. The molecule has 2 fully saturated rings. The fraction of sp³-hybridized carbons (Fsp3) is 1.00. The Hall–Kier alpha value is -0.520. The second-order valence-electron chi connectivity index (χ2n) is 6.69. The fourth-order valence-electron chi connectivity index (χ4n) is 3.14. The molecular formula is C15H30N2O11. The van der Waals surface area contributed by atoms with Crippen LogP contribution < -0.4 is 5.73 Å². The Bertz CT molecular complexity index is 471. The molecule has 10 unspecified atom stereocenters. The van der Waals surface area contributed by atoms with Gasteiger partial charge >= 0.3 is 0 Å². The van der Waals surface area contributed by atoms with E-state index in [1.165, 1.54) is 7.05 Å². The molecule has 2 aliphatic heterocycles. The van der Waals surface area contributed by atoms with Gasteiger partial charge in [-0.2, -0.15) is 5.06 Å². The highest BCUT2D eigenvalue weighted by molar-refractivity contribution is 4.94. The molecule has 10 atom stereocenters. The molecule has 0 aromatic rings. The zero-order valence-corrected chi connectivity index (χ0v) is 15.4. The lowest BCUT2D eigenvalue weighted by molar-refractivity contribution is -0.366. The number of hydroxylamine groups is 2. The van der Waals surface area contributed by atoms with Crippen LogP contribution in [0.15, 0.2) is 0 Å². The van der Waals surface area contributed by atoms with Crippen molar-refractivity contribution in [3.63, 3.8) is 0 Å². The smallest absolute Gasteiger partial charge is 0.187 e. The van der Waals surface area contributed by atoms with Crippen molar-refractivity contribution in [2.75, 3.05) is 33.4 Å². The summed E-state index contributed by atoms with van der Waals surface area (Å²) in [5.41, 5.74) is 5.35. The summed E-state index contributed by atoms with van der Waals surface area (Å²) in [5, 5.41) is 70.5. The van der Waals surface area contributed by atoms with E-state index in [0.29, 0.717) is 0 Å². The third-order valence-electron chi connectivity index (χ3n) is 4.75. The molecule has 0 aromatic heterocycles. The summed E-state index contributed by atoms with van der Waals surface area (Å²) in [6.45, 7) is -0.936. The van der Waals surface area contributed by atoms with Crippen molar-refractivity contribution in [3.8, 4) is 0 Å². The summed E-state index contributed by atoms with van der Waals surface area (Å²) in [7, 11) is 1.45. The van der Waals surface area contributed by atoms with Gasteiger partial charge in [0.25, 0.3) is 0 Å². The van der Waals surface area contributed by atoms with Crippen LogP contribution in [0.5, 0.6) is 0 Å². The van der Waals surface area contributed by atoms with Crippen molar-refractivity contribution < 1.29 is 54.8 Å². The van der Waals surface area contributed by atoms with Crippen LogP contribution in [0.1, 0.15) is 0 Å². The molecule has 2 rings (SSSR count). The second-order valence-corrected chi connectivity index (χ2v) is 6.69. The Morgan fingerprint density at radius 3 is 2.07 bits per heavy atom. The first-order chi connectivity index (χ1) is 13.3. The second kappa shape index (κ2) is 10.5. The monoisotopic (exact) mass is 414 g/mol. The topological polar surface area (TPSA) is 208 Å². The molecule has 2 heterocycles. The van der Waals surface area contributed by atoms with Crippen molar-refractivity contribution in [2.45, 2.75) is 61.3 Å². The van der Waals surface area contributed by atoms with Crippen molar-refractivity contribution in [1.29, 1.82) is 0 Å². The van der Waals surface area contributed by atoms with Gasteiger partial charge in [0.1, 0.15) is 48.8 Å². The molecule has 2 saturated heterocycles. The van der Waals surface area contributed by atoms with E-state index < -0.39 is 74.6 Å². The van der Waals surface area contributed by atoms with Gasteiger partial charge in [-0.1, -0.05) is 0 Å². The normalized spacial score (nSPS) is 44.8. The summed E-state index contributed by atoms with van der Waals surface area (Å²) >= 11 is 0. The van der Waals surface area contributed by atoms with E-state index in [1.807, 2.05) is 0 Å². The quantitative estimate of drug-likeness (QED) is 0.175. The van der Waals surface area contributed by atoms with Gasteiger partial charge in [-0.3, -0.25) is 4.84 Å². The van der Waals surface area contributed by atoms with Gasteiger partial charge in [0.15, 0.2) is 12.5 Å². The molecule has 13 heteroatoms. The molecule has 13 nitrogen and oxygen atoms in total. The average Bonchev–Trinajstić information content (AvgIpc) is 2.69. The molecule has 2 aliphatic rings. The molecule has 9 N–H and O–H groups in total. The Morgan fingerprint density at radius 1 is 0.857 bits per heavy atom. The van der Waals surface area contributed by atoms with Crippen LogP contribution in [0.25, 0.3) is 0 Å². The van der Waals surface area contributed by atoms with Gasteiger partial charge in [0.2, 0.25) is 0 Å². The number of nitrogens with two attached hydrogens (primary N) is 1.